The molecule has 2 atom stereocenters. The van der Waals surface area contributed by atoms with Gasteiger partial charge in [0.1, 0.15) is 6.04 Å². The van der Waals surface area contributed by atoms with Crippen molar-refractivity contribution in [1.29, 1.82) is 0 Å². The molecule has 0 bridgehead atoms. The zero-order chi connectivity index (χ0) is 12.7. The van der Waals surface area contributed by atoms with Crippen LogP contribution in [0.15, 0.2) is 0 Å². The lowest BCUT2D eigenvalue weighted by atomic mass is 10.1. The molecule has 0 fully saturated rings. The molecule has 0 aromatic rings. The minimum absolute atomic E-state index is 0.218. The molecule has 0 aliphatic heterocycles. The Morgan fingerprint density at radius 3 is 2.06 bits per heavy atom. The molecule has 0 amide bonds. The second-order valence-corrected chi connectivity index (χ2v) is 3.23. The Hall–Kier alpha value is -1.67. The van der Waals surface area contributed by atoms with Crippen LogP contribution in [-0.4, -0.2) is 36.5 Å². The third kappa shape index (κ3) is 5.94. The zero-order valence-electron chi connectivity index (χ0n) is 8.38. The van der Waals surface area contributed by atoms with Gasteiger partial charge in [0.2, 0.25) is 0 Å². The molecule has 0 saturated carbocycles. The Morgan fingerprint density at radius 1 is 1.12 bits per heavy atom. The molecule has 0 aromatic heterocycles. The maximum absolute atomic E-state index is 10.5. The van der Waals surface area contributed by atoms with Gasteiger partial charge in [-0.05, 0) is 6.42 Å². The number of carboxylic acid groups (broad SMARTS) is 3. The predicted octanol–water partition coefficient (Wildman–Crippen LogP) is -6.72. The van der Waals surface area contributed by atoms with E-state index < -0.39 is 36.4 Å². The van der Waals surface area contributed by atoms with E-state index in [9.17, 15) is 29.7 Å². The Labute approximate surface area is 91.1 Å². The SMILES string of the molecule is N[C@@H](C[NH2+][C@@H](CCC(=O)[O-])C(=O)[O-])C(=O)[O-]. The minimum Gasteiger partial charge on any atom is -0.550 e. The van der Waals surface area contributed by atoms with Crippen molar-refractivity contribution >= 4 is 17.9 Å². The van der Waals surface area contributed by atoms with E-state index in [0.717, 1.165) is 5.32 Å². The maximum Gasteiger partial charge on any atom is 0.126 e. The third-order valence-corrected chi connectivity index (χ3v) is 1.94. The molecule has 0 spiro atoms. The van der Waals surface area contributed by atoms with Gasteiger partial charge in [0.05, 0.1) is 24.5 Å². The first-order valence-electron chi connectivity index (χ1n) is 4.55. The number of hydrogen-bond donors (Lipinski definition) is 2. The van der Waals surface area contributed by atoms with Crippen LogP contribution in [0.5, 0.6) is 0 Å². The summed E-state index contributed by atoms with van der Waals surface area (Å²) in [6.45, 7) is -0.228. The highest BCUT2D eigenvalue weighted by molar-refractivity contribution is 5.72. The number of carbonyl (C=O) groups is 3. The number of aliphatic carboxylic acids is 3. The van der Waals surface area contributed by atoms with E-state index in [4.69, 9.17) is 5.73 Å². The molecule has 16 heavy (non-hydrogen) atoms. The van der Waals surface area contributed by atoms with Gasteiger partial charge in [-0.15, -0.1) is 0 Å². The van der Waals surface area contributed by atoms with Crippen LogP contribution < -0.4 is 26.4 Å². The Kier molecular flexibility index (Phi) is 6.04. The van der Waals surface area contributed by atoms with E-state index in [1.54, 1.807) is 0 Å². The van der Waals surface area contributed by atoms with Crippen LogP contribution >= 0.6 is 0 Å². The van der Waals surface area contributed by atoms with Crippen molar-refractivity contribution in [2.75, 3.05) is 6.54 Å². The van der Waals surface area contributed by atoms with Crippen molar-refractivity contribution in [3.8, 4) is 0 Å². The van der Waals surface area contributed by atoms with Crippen LogP contribution in [0.2, 0.25) is 0 Å². The van der Waals surface area contributed by atoms with Crippen LogP contribution in [0.4, 0.5) is 0 Å². The smallest absolute Gasteiger partial charge is 0.126 e. The lowest BCUT2D eigenvalue weighted by Gasteiger charge is -2.19. The minimum atomic E-state index is -1.51. The molecule has 0 aliphatic carbocycles. The van der Waals surface area contributed by atoms with E-state index in [1.807, 2.05) is 0 Å². The second-order valence-electron chi connectivity index (χ2n) is 3.23. The summed E-state index contributed by atoms with van der Waals surface area (Å²) in [5, 5.41) is 32.0. The van der Waals surface area contributed by atoms with Gasteiger partial charge in [-0.2, -0.15) is 0 Å². The molecule has 0 aromatic carbocycles. The summed E-state index contributed by atoms with van der Waals surface area (Å²) in [4.78, 5) is 30.9. The van der Waals surface area contributed by atoms with Crippen LogP contribution in [0.25, 0.3) is 0 Å². The lowest BCUT2D eigenvalue weighted by Crippen LogP contribution is -2.95. The quantitative estimate of drug-likeness (QED) is 0.420. The number of rotatable bonds is 8. The molecule has 0 radical (unpaired) electrons. The summed E-state index contributed by atoms with van der Waals surface area (Å²) in [7, 11) is 0. The van der Waals surface area contributed by atoms with Gasteiger partial charge in [0.15, 0.2) is 0 Å². The van der Waals surface area contributed by atoms with Crippen molar-refractivity contribution in [3.63, 3.8) is 0 Å². The van der Waals surface area contributed by atoms with Crippen LogP contribution in [0, 0.1) is 0 Å². The molecule has 0 saturated heterocycles. The standard InChI is InChI=1S/C8H14N2O6/c9-4(7(13)14)3-10-5(8(15)16)1-2-6(11)12/h4-5,10H,1-3,9H2,(H,11,12)(H,13,14)(H,15,16)/p-2/t4-,5-/m0/s1. The number of carbonyl (C=O) groups excluding carboxylic acids is 3. The second kappa shape index (κ2) is 6.75. The van der Waals surface area contributed by atoms with Crippen LogP contribution in [0.1, 0.15) is 12.8 Å². The van der Waals surface area contributed by atoms with Crippen molar-refractivity contribution in [2.24, 2.45) is 5.73 Å². The first kappa shape index (κ1) is 14.3. The predicted molar refractivity (Wildman–Crippen MR) is 42.8 cm³/mol. The maximum atomic E-state index is 10.5. The van der Waals surface area contributed by atoms with E-state index in [1.165, 1.54) is 0 Å². The normalized spacial score (nSPS) is 14.1. The summed E-state index contributed by atoms with van der Waals surface area (Å²) in [5.74, 6) is -4.37. The monoisotopic (exact) mass is 232 g/mol. The van der Waals surface area contributed by atoms with Crippen LogP contribution in [0.3, 0.4) is 0 Å². The van der Waals surface area contributed by atoms with Gasteiger partial charge in [-0.25, -0.2) is 0 Å². The Bertz CT molecular complexity index is 280. The highest BCUT2D eigenvalue weighted by Crippen LogP contribution is 1.90. The number of carboxylic acids is 3. The van der Waals surface area contributed by atoms with E-state index in [0.29, 0.717) is 0 Å². The summed E-state index contributed by atoms with van der Waals surface area (Å²) in [6, 6.07) is -2.48. The molecule has 0 aliphatic rings. The number of nitrogens with two attached hydrogens (primary N) is 2. The molecule has 92 valence electrons. The fraction of sp³-hybridized carbons (Fsp3) is 0.625. The molecule has 0 unspecified atom stereocenters. The molecule has 0 heterocycles. The van der Waals surface area contributed by atoms with Gasteiger partial charge < -0.3 is 40.8 Å². The largest absolute Gasteiger partial charge is 0.550 e. The van der Waals surface area contributed by atoms with Crippen molar-refractivity contribution in [2.45, 2.75) is 24.9 Å². The Balaban J connectivity index is 4.09. The molecular weight excluding hydrogens is 220 g/mol. The highest BCUT2D eigenvalue weighted by atomic mass is 16.4. The van der Waals surface area contributed by atoms with Crippen molar-refractivity contribution in [3.05, 3.63) is 0 Å². The molecule has 8 heteroatoms. The zero-order valence-corrected chi connectivity index (χ0v) is 8.38. The Morgan fingerprint density at radius 2 is 1.69 bits per heavy atom. The van der Waals surface area contributed by atoms with E-state index in [-0.39, 0.29) is 13.0 Å². The molecule has 4 N–H and O–H groups in total. The molecule has 0 rings (SSSR count). The fourth-order valence-corrected chi connectivity index (χ4v) is 1.01. The average Bonchev–Trinajstić information content (AvgIpc) is 2.15. The highest BCUT2D eigenvalue weighted by Gasteiger charge is 2.15. The van der Waals surface area contributed by atoms with Crippen LogP contribution in [-0.2, 0) is 14.4 Å². The fourth-order valence-electron chi connectivity index (χ4n) is 1.01. The summed E-state index contributed by atoms with van der Waals surface area (Å²) < 4.78 is 0. The molecular formula is C8H12N2O6-2. The number of hydrogen-bond acceptors (Lipinski definition) is 7. The average molecular weight is 232 g/mol. The first-order chi connectivity index (χ1) is 7.34. The van der Waals surface area contributed by atoms with Gasteiger partial charge in [-0.3, -0.25) is 0 Å². The summed E-state index contributed by atoms with van der Waals surface area (Å²) in [5.41, 5.74) is 5.09. The molecule has 8 nitrogen and oxygen atoms in total. The van der Waals surface area contributed by atoms with Gasteiger partial charge >= 0.3 is 0 Å². The third-order valence-electron chi connectivity index (χ3n) is 1.94. The van der Waals surface area contributed by atoms with Gasteiger partial charge in [-0.1, -0.05) is 0 Å². The number of quaternary nitrogens is 1. The lowest BCUT2D eigenvalue weighted by molar-refractivity contribution is -0.684. The summed E-state index contributed by atoms with van der Waals surface area (Å²) in [6.07, 6.45) is -0.667. The summed E-state index contributed by atoms with van der Waals surface area (Å²) >= 11 is 0. The topological polar surface area (TPSA) is 163 Å². The van der Waals surface area contributed by atoms with E-state index in [2.05, 4.69) is 0 Å². The van der Waals surface area contributed by atoms with Crippen molar-refractivity contribution < 1.29 is 35.0 Å². The van der Waals surface area contributed by atoms with Gasteiger partial charge in [0, 0.05) is 12.4 Å². The van der Waals surface area contributed by atoms with E-state index >= 15 is 0 Å². The van der Waals surface area contributed by atoms with Gasteiger partial charge in [0.25, 0.3) is 0 Å². The van der Waals surface area contributed by atoms with Crippen molar-refractivity contribution in [1.82, 2.24) is 0 Å². The first-order valence-corrected chi connectivity index (χ1v) is 4.55.